The zero-order valence-electron chi connectivity index (χ0n) is 19.8. The summed E-state index contributed by atoms with van der Waals surface area (Å²) in [5.74, 6) is -0.0857. The predicted octanol–water partition coefficient (Wildman–Crippen LogP) is 6.90. The predicted molar refractivity (Wildman–Crippen MR) is 137 cm³/mol. The zero-order valence-corrected chi connectivity index (χ0v) is 20.6. The highest BCUT2D eigenvalue weighted by molar-refractivity contribution is 6.31. The molecule has 5 rings (SSSR count). The summed E-state index contributed by atoms with van der Waals surface area (Å²) in [6, 6.07) is 17.5. The van der Waals surface area contributed by atoms with Crippen LogP contribution in [0, 0.1) is 5.82 Å². The molecule has 5 nitrogen and oxygen atoms in total. The van der Waals surface area contributed by atoms with Crippen LogP contribution in [0.3, 0.4) is 0 Å². The van der Waals surface area contributed by atoms with Gasteiger partial charge in [-0.2, -0.15) is 0 Å². The average molecular weight is 506 g/mol. The molecule has 1 aromatic heterocycles. The van der Waals surface area contributed by atoms with Gasteiger partial charge in [0.25, 0.3) is 5.91 Å². The number of benzene rings is 3. The molecular weight excluding hydrogens is 481 g/mol. The lowest BCUT2D eigenvalue weighted by atomic mass is 9.98. The van der Waals surface area contributed by atoms with Gasteiger partial charge in [-0.15, -0.1) is 0 Å². The fourth-order valence-electron chi connectivity index (χ4n) is 4.61. The van der Waals surface area contributed by atoms with Gasteiger partial charge in [0.2, 0.25) is 5.76 Å². The van der Waals surface area contributed by atoms with Crippen LogP contribution in [-0.2, 0) is 6.54 Å². The van der Waals surface area contributed by atoms with E-state index in [0.717, 1.165) is 30.4 Å². The molecule has 0 spiro atoms. The highest BCUT2D eigenvalue weighted by Crippen LogP contribution is 2.40. The van der Waals surface area contributed by atoms with Gasteiger partial charge in [0.05, 0.1) is 23.6 Å². The van der Waals surface area contributed by atoms with Crippen LogP contribution < -0.4 is 10.2 Å². The van der Waals surface area contributed by atoms with E-state index in [1.165, 1.54) is 12.1 Å². The highest BCUT2D eigenvalue weighted by atomic mass is 35.5. The number of hydrogen-bond donors (Lipinski definition) is 0. The summed E-state index contributed by atoms with van der Waals surface area (Å²) in [4.78, 5) is 28.9. The van der Waals surface area contributed by atoms with Crippen LogP contribution in [0.25, 0.3) is 11.0 Å². The fourth-order valence-corrected chi connectivity index (χ4v) is 4.78. The van der Waals surface area contributed by atoms with E-state index in [9.17, 15) is 14.0 Å². The van der Waals surface area contributed by atoms with E-state index in [0.29, 0.717) is 28.3 Å². The van der Waals surface area contributed by atoms with Crippen molar-refractivity contribution in [1.29, 1.82) is 0 Å². The number of nitrogens with zero attached hydrogens (tertiary/aromatic N) is 1. The Hall–Kier alpha value is -3.64. The maximum absolute atomic E-state index is 13.7. The zero-order chi connectivity index (χ0) is 25.2. The highest BCUT2D eigenvalue weighted by Gasteiger charge is 2.42. The molecule has 7 heteroatoms. The number of carbonyl (C=O) groups is 1. The van der Waals surface area contributed by atoms with Crippen molar-refractivity contribution in [3.05, 3.63) is 110 Å². The Kier molecular flexibility index (Phi) is 6.79. The molecule has 184 valence electrons. The molecular formula is C29H25ClFNO4. The molecule has 0 aliphatic carbocycles. The first-order valence-electron chi connectivity index (χ1n) is 12.0. The Morgan fingerprint density at radius 2 is 1.83 bits per heavy atom. The van der Waals surface area contributed by atoms with Crippen molar-refractivity contribution < 1.29 is 18.3 Å². The average Bonchev–Trinajstić information content (AvgIpc) is 3.15. The number of carbonyl (C=O) groups excluding carboxylic acids is 1. The number of unbranched alkanes of at least 4 members (excludes halogenated alkanes) is 2. The summed E-state index contributed by atoms with van der Waals surface area (Å²) in [5.41, 5.74) is 1.72. The summed E-state index contributed by atoms with van der Waals surface area (Å²) < 4.78 is 25.4. The molecule has 0 saturated heterocycles. The number of fused-ring (bicyclic) bond motifs is 2. The second kappa shape index (κ2) is 10.2. The van der Waals surface area contributed by atoms with Crippen LogP contribution in [0.2, 0.25) is 5.02 Å². The topological polar surface area (TPSA) is 59.8 Å². The third-order valence-electron chi connectivity index (χ3n) is 6.38. The van der Waals surface area contributed by atoms with Crippen LogP contribution in [0.1, 0.15) is 59.5 Å². The molecule has 1 aliphatic heterocycles. The first kappa shape index (κ1) is 24.1. The number of amides is 1. The second-order valence-corrected chi connectivity index (χ2v) is 9.34. The fraction of sp³-hybridized carbons (Fsp3) is 0.241. The maximum Gasteiger partial charge on any atom is 0.291 e. The Morgan fingerprint density at radius 1 is 1.03 bits per heavy atom. The third kappa shape index (κ3) is 4.61. The van der Waals surface area contributed by atoms with Crippen molar-refractivity contribution in [2.75, 3.05) is 6.61 Å². The molecule has 4 aromatic rings. The number of ether oxygens (including phenoxy) is 1. The first-order chi connectivity index (χ1) is 17.5. The van der Waals surface area contributed by atoms with Gasteiger partial charge < -0.3 is 14.1 Å². The first-order valence-corrected chi connectivity index (χ1v) is 12.4. The van der Waals surface area contributed by atoms with E-state index in [2.05, 4.69) is 6.92 Å². The summed E-state index contributed by atoms with van der Waals surface area (Å²) in [6.07, 6.45) is 3.11. The van der Waals surface area contributed by atoms with E-state index in [4.69, 9.17) is 20.8 Å². The third-order valence-corrected chi connectivity index (χ3v) is 6.62. The van der Waals surface area contributed by atoms with E-state index < -0.39 is 11.9 Å². The van der Waals surface area contributed by atoms with Gasteiger partial charge >= 0.3 is 0 Å². The smallest absolute Gasteiger partial charge is 0.291 e. The molecule has 0 saturated carbocycles. The molecule has 3 aromatic carbocycles. The van der Waals surface area contributed by atoms with Crippen molar-refractivity contribution in [1.82, 2.24) is 4.90 Å². The summed E-state index contributed by atoms with van der Waals surface area (Å²) in [5, 5.41) is 0.718. The molecule has 0 fully saturated rings. The van der Waals surface area contributed by atoms with Crippen LogP contribution in [0.15, 0.2) is 75.9 Å². The van der Waals surface area contributed by atoms with Crippen molar-refractivity contribution in [2.45, 2.75) is 38.8 Å². The van der Waals surface area contributed by atoms with Crippen LogP contribution in [-0.4, -0.2) is 17.4 Å². The standard InChI is InChI=1S/C29H25ClFNO4/c1-2-3-4-14-35-22-7-5-6-19(15-22)26-25-27(33)23-16-20(30)10-13-24(23)36-28(25)29(34)32(26)17-18-8-11-21(31)12-9-18/h5-13,15-16,26H,2-4,14,17H2,1H3. The molecule has 1 aliphatic rings. The van der Waals surface area contributed by atoms with Crippen molar-refractivity contribution in [3.63, 3.8) is 0 Å². The lowest BCUT2D eigenvalue weighted by molar-refractivity contribution is 0.0714. The molecule has 1 atom stereocenters. The number of rotatable bonds is 8. The molecule has 1 unspecified atom stereocenters. The minimum absolute atomic E-state index is 0.0104. The minimum atomic E-state index is -0.698. The molecule has 0 radical (unpaired) electrons. The van der Waals surface area contributed by atoms with Crippen LogP contribution >= 0.6 is 11.6 Å². The van der Waals surface area contributed by atoms with Gasteiger partial charge in [0.1, 0.15) is 17.1 Å². The van der Waals surface area contributed by atoms with Crippen molar-refractivity contribution in [3.8, 4) is 5.75 Å². The van der Waals surface area contributed by atoms with Gasteiger partial charge in [-0.05, 0) is 60.0 Å². The molecule has 0 bridgehead atoms. The summed E-state index contributed by atoms with van der Waals surface area (Å²) >= 11 is 6.16. The Labute approximate surface area is 213 Å². The van der Waals surface area contributed by atoms with Crippen LogP contribution in [0.5, 0.6) is 5.75 Å². The van der Waals surface area contributed by atoms with Crippen LogP contribution in [0.4, 0.5) is 4.39 Å². The van der Waals surface area contributed by atoms with Gasteiger partial charge in [-0.3, -0.25) is 9.59 Å². The molecule has 1 amide bonds. The van der Waals surface area contributed by atoms with E-state index in [1.807, 2.05) is 24.3 Å². The normalized spacial score (nSPS) is 14.9. The number of hydrogen-bond acceptors (Lipinski definition) is 4. The lowest BCUT2D eigenvalue weighted by Gasteiger charge is -2.25. The lowest BCUT2D eigenvalue weighted by Crippen LogP contribution is -2.29. The SMILES string of the molecule is CCCCCOc1cccc(C2c3c(oc4ccc(Cl)cc4c3=O)C(=O)N2Cc2ccc(F)cc2)c1. The van der Waals surface area contributed by atoms with Gasteiger partial charge in [-0.1, -0.05) is 55.6 Å². The summed E-state index contributed by atoms with van der Waals surface area (Å²) in [7, 11) is 0. The summed E-state index contributed by atoms with van der Waals surface area (Å²) in [6.45, 7) is 2.89. The maximum atomic E-state index is 13.7. The van der Waals surface area contributed by atoms with E-state index in [1.54, 1.807) is 35.2 Å². The largest absolute Gasteiger partial charge is 0.494 e. The quantitative estimate of drug-likeness (QED) is 0.244. The Bertz CT molecular complexity index is 1480. The van der Waals surface area contributed by atoms with Crippen molar-refractivity contribution in [2.24, 2.45) is 0 Å². The van der Waals surface area contributed by atoms with E-state index in [-0.39, 0.29) is 29.1 Å². The Balaban J connectivity index is 1.61. The molecule has 2 heterocycles. The van der Waals surface area contributed by atoms with E-state index >= 15 is 0 Å². The minimum Gasteiger partial charge on any atom is -0.494 e. The Morgan fingerprint density at radius 3 is 2.61 bits per heavy atom. The van der Waals surface area contributed by atoms with Gasteiger partial charge in [-0.25, -0.2) is 4.39 Å². The van der Waals surface area contributed by atoms with Crippen molar-refractivity contribution >= 4 is 28.5 Å². The van der Waals surface area contributed by atoms with Gasteiger partial charge in [0.15, 0.2) is 5.43 Å². The monoisotopic (exact) mass is 505 g/mol. The second-order valence-electron chi connectivity index (χ2n) is 8.90. The molecule has 36 heavy (non-hydrogen) atoms. The number of halogens is 2. The van der Waals surface area contributed by atoms with Gasteiger partial charge in [0, 0.05) is 11.6 Å². The molecule has 0 N–H and O–H groups in total.